The maximum absolute atomic E-state index is 13.1. The molecule has 9 nitrogen and oxygen atoms in total. The molecule has 10 heteroatoms. The van der Waals surface area contributed by atoms with Gasteiger partial charge in [0.15, 0.2) is 11.8 Å². The Bertz CT molecular complexity index is 1060. The van der Waals surface area contributed by atoms with Crippen LogP contribution >= 0.6 is 11.6 Å². The van der Waals surface area contributed by atoms with Crippen LogP contribution in [0.4, 0.5) is 0 Å². The normalized spacial score (nSPS) is 20.0. The van der Waals surface area contributed by atoms with E-state index in [1.165, 1.54) is 5.01 Å². The van der Waals surface area contributed by atoms with Crippen LogP contribution in [0.2, 0.25) is 5.02 Å². The van der Waals surface area contributed by atoms with Gasteiger partial charge in [0.2, 0.25) is 5.28 Å². The number of rotatable bonds is 8. The first-order chi connectivity index (χ1) is 16.3. The molecule has 0 radical (unpaired) electrons. The highest BCUT2D eigenvalue weighted by atomic mass is 35.5. The van der Waals surface area contributed by atoms with E-state index in [2.05, 4.69) is 24.1 Å². The molecule has 182 valence electrons. The highest BCUT2D eigenvalue weighted by molar-refractivity contribution is 6.30. The summed E-state index contributed by atoms with van der Waals surface area (Å²) in [6.45, 7) is 6.93. The van der Waals surface area contributed by atoms with E-state index in [0.29, 0.717) is 53.3 Å². The Labute approximate surface area is 203 Å². The second-order valence-corrected chi connectivity index (χ2v) is 9.38. The van der Waals surface area contributed by atoms with Crippen LogP contribution in [0, 0.1) is 18.0 Å². The summed E-state index contributed by atoms with van der Waals surface area (Å²) >= 11 is 6.01. The quantitative estimate of drug-likeness (QED) is 0.171. The lowest BCUT2D eigenvalue weighted by molar-refractivity contribution is -0.712. The summed E-state index contributed by atoms with van der Waals surface area (Å²) in [5.41, 5.74) is 3.15. The summed E-state index contributed by atoms with van der Waals surface area (Å²) in [4.78, 5) is 23.0. The maximum atomic E-state index is 13.1. The summed E-state index contributed by atoms with van der Waals surface area (Å²) in [7, 11) is 0. The van der Waals surface area contributed by atoms with E-state index in [1.807, 2.05) is 24.3 Å². The zero-order valence-electron chi connectivity index (χ0n) is 19.6. The first-order valence-corrected chi connectivity index (χ1v) is 11.9. The Morgan fingerprint density at radius 1 is 1.38 bits per heavy atom. The van der Waals surface area contributed by atoms with Crippen molar-refractivity contribution >= 4 is 17.6 Å². The third-order valence-electron chi connectivity index (χ3n) is 6.03. The molecule has 2 aliphatic heterocycles. The van der Waals surface area contributed by atoms with E-state index in [0.717, 1.165) is 23.1 Å². The number of carbonyl (C=O) groups excluding carboxylic acids is 1. The molecule has 2 atom stereocenters. The fourth-order valence-electron chi connectivity index (χ4n) is 4.12. The number of benzene rings is 1. The Hall–Kier alpha value is -2.91. The number of aromatic nitrogens is 1. The van der Waals surface area contributed by atoms with E-state index in [9.17, 15) is 10.0 Å². The molecule has 3 heterocycles. The number of carbonyl (C=O) groups is 1. The second-order valence-electron chi connectivity index (χ2n) is 8.94. The first-order valence-electron chi connectivity index (χ1n) is 11.5. The van der Waals surface area contributed by atoms with Gasteiger partial charge in [-0.2, -0.15) is 0 Å². The number of fused-ring (bicyclic) bond motifs is 1. The molecule has 2 aromatic rings. The molecule has 1 aromatic carbocycles. The number of hydrogen-bond donors (Lipinski definition) is 0. The van der Waals surface area contributed by atoms with Gasteiger partial charge in [-0.1, -0.05) is 37.6 Å². The molecule has 1 fully saturated rings. The Morgan fingerprint density at radius 3 is 2.88 bits per heavy atom. The minimum Gasteiger partial charge on any atom is -0.569 e. The predicted octanol–water partition coefficient (Wildman–Crippen LogP) is 4.89. The third kappa shape index (κ3) is 5.26. The molecule has 2 aliphatic rings. The molecule has 0 N–H and O–H groups in total. The van der Waals surface area contributed by atoms with E-state index in [1.54, 1.807) is 13.1 Å². The summed E-state index contributed by atoms with van der Waals surface area (Å²) in [6, 6.07) is 6.67. The second kappa shape index (κ2) is 10.6. The standard InChI is InChI=1S/C24H29ClN4O5/c1-15(2)10-12-33-27-29(31)28-11-4-5-21(28)24(30)34-22-16(3)26-13-19-20(22)14-32-23(19)17-6-8-18(25)9-7-17/h6-9,13,15,21,23H,4-5,10-12,14H2,1-3H3/b29-27-/t21-,23-/m0/s1. The van der Waals surface area contributed by atoms with Crippen LogP contribution in [0.25, 0.3) is 0 Å². The van der Waals surface area contributed by atoms with Gasteiger partial charge in [0.25, 0.3) is 0 Å². The van der Waals surface area contributed by atoms with Crippen molar-refractivity contribution in [3.63, 3.8) is 0 Å². The summed E-state index contributed by atoms with van der Waals surface area (Å²) in [5, 5.41) is 18.0. The third-order valence-corrected chi connectivity index (χ3v) is 6.28. The number of esters is 1. The van der Waals surface area contributed by atoms with E-state index < -0.39 is 12.0 Å². The van der Waals surface area contributed by atoms with Crippen molar-refractivity contribution in [2.24, 2.45) is 11.2 Å². The van der Waals surface area contributed by atoms with Crippen LogP contribution in [-0.4, -0.2) is 40.1 Å². The minimum absolute atomic E-state index is 0.287. The highest BCUT2D eigenvalue weighted by Gasteiger charge is 2.40. The van der Waals surface area contributed by atoms with Gasteiger partial charge in [-0.15, -0.1) is 5.01 Å². The van der Waals surface area contributed by atoms with Crippen molar-refractivity contribution in [2.45, 2.75) is 58.8 Å². The Kier molecular flexibility index (Phi) is 7.53. The van der Waals surface area contributed by atoms with E-state index >= 15 is 0 Å². The topological polar surface area (TPSA) is 99.3 Å². The van der Waals surface area contributed by atoms with Crippen molar-refractivity contribution in [1.29, 1.82) is 0 Å². The molecule has 0 aliphatic carbocycles. The molecule has 4 rings (SSSR count). The summed E-state index contributed by atoms with van der Waals surface area (Å²) < 4.78 is 11.8. The van der Waals surface area contributed by atoms with Gasteiger partial charge < -0.3 is 19.5 Å². The number of aryl methyl sites for hydroxylation is 1. The van der Waals surface area contributed by atoms with E-state index in [-0.39, 0.29) is 12.7 Å². The average molecular weight is 489 g/mol. The lowest BCUT2D eigenvalue weighted by Crippen LogP contribution is -2.42. The van der Waals surface area contributed by atoms with E-state index in [4.69, 9.17) is 25.9 Å². The van der Waals surface area contributed by atoms with Gasteiger partial charge in [-0.05, 0) is 49.8 Å². The zero-order chi connectivity index (χ0) is 24.2. The van der Waals surface area contributed by atoms with Crippen molar-refractivity contribution in [2.75, 3.05) is 13.2 Å². The Morgan fingerprint density at radius 2 is 2.15 bits per heavy atom. The number of ether oxygens (including phenoxy) is 2. The van der Waals surface area contributed by atoms with Gasteiger partial charge in [0.05, 0.1) is 23.8 Å². The maximum Gasteiger partial charge on any atom is 0.340 e. The first kappa shape index (κ1) is 24.2. The fraction of sp³-hybridized carbons (Fsp3) is 0.500. The molecule has 0 spiro atoms. The number of nitrogens with zero attached hydrogens (tertiary/aromatic N) is 4. The zero-order valence-corrected chi connectivity index (χ0v) is 20.3. The molecule has 0 amide bonds. The smallest absolute Gasteiger partial charge is 0.340 e. The summed E-state index contributed by atoms with van der Waals surface area (Å²) in [5.74, 6) is 0.301. The van der Waals surface area contributed by atoms with Crippen molar-refractivity contribution in [3.8, 4) is 5.75 Å². The van der Waals surface area contributed by atoms with Crippen molar-refractivity contribution < 1.29 is 24.1 Å². The predicted molar refractivity (Wildman–Crippen MR) is 124 cm³/mol. The van der Waals surface area contributed by atoms with Gasteiger partial charge in [-0.25, -0.2) is 4.79 Å². The molecule has 1 aromatic heterocycles. The highest BCUT2D eigenvalue weighted by Crippen LogP contribution is 2.41. The fourth-order valence-corrected chi connectivity index (χ4v) is 4.25. The van der Waals surface area contributed by atoms with Gasteiger partial charge >= 0.3 is 5.97 Å². The van der Waals surface area contributed by atoms with Crippen LogP contribution in [0.5, 0.6) is 5.75 Å². The monoisotopic (exact) mass is 488 g/mol. The summed E-state index contributed by atoms with van der Waals surface area (Å²) in [6.07, 6.45) is 3.38. The van der Waals surface area contributed by atoms with Crippen LogP contribution in [0.3, 0.4) is 0 Å². The number of hydrazine groups is 1. The van der Waals surface area contributed by atoms with Crippen molar-refractivity contribution in [3.05, 3.63) is 63.1 Å². The molecule has 34 heavy (non-hydrogen) atoms. The number of halogens is 1. The van der Waals surface area contributed by atoms with Gasteiger partial charge in [0.1, 0.15) is 12.7 Å². The largest absolute Gasteiger partial charge is 0.569 e. The number of hydrogen-bond acceptors (Lipinski definition) is 7. The average Bonchev–Trinajstić information content (AvgIpc) is 3.46. The van der Waals surface area contributed by atoms with Crippen LogP contribution in [-0.2, 0) is 21.0 Å². The lowest BCUT2D eigenvalue weighted by atomic mass is 10.0. The van der Waals surface area contributed by atoms with Crippen LogP contribution in [0.1, 0.15) is 61.6 Å². The van der Waals surface area contributed by atoms with Crippen LogP contribution < -0.4 is 4.74 Å². The Balaban J connectivity index is 1.49. The molecular weight excluding hydrogens is 460 g/mol. The molecular formula is C24H29ClN4O5. The minimum atomic E-state index is -0.750. The molecule has 1 saturated heterocycles. The molecule has 0 bridgehead atoms. The van der Waals surface area contributed by atoms with Crippen LogP contribution in [0.15, 0.2) is 35.7 Å². The van der Waals surface area contributed by atoms with Gasteiger partial charge in [-0.3, -0.25) is 4.98 Å². The van der Waals surface area contributed by atoms with Crippen molar-refractivity contribution in [1.82, 2.24) is 9.99 Å². The molecule has 0 unspecified atom stereocenters. The number of pyridine rings is 1. The van der Waals surface area contributed by atoms with Gasteiger partial charge in [0, 0.05) is 22.3 Å². The lowest BCUT2D eigenvalue weighted by Gasteiger charge is -2.20. The SMILES string of the molecule is Cc1ncc2c(c1OC(=O)[C@@H]1CCCN1/[N+]([O-])=N/OCCC(C)C)CO[C@H]2c1ccc(Cl)cc1. The molecule has 0 saturated carbocycles.